The number of fused-ring (bicyclic) bond motifs is 1. The van der Waals surface area contributed by atoms with Crippen molar-refractivity contribution in [2.24, 2.45) is 0 Å². The van der Waals surface area contributed by atoms with Crippen molar-refractivity contribution >= 4 is 45.7 Å². The summed E-state index contributed by atoms with van der Waals surface area (Å²) in [6.45, 7) is 3.15. The van der Waals surface area contributed by atoms with Crippen LogP contribution in [0.2, 0.25) is 0 Å². The second-order valence-corrected chi connectivity index (χ2v) is 9.02. The number of para-hydroxylation sites is 1. The molecule has 0 radical (unpaired) electrons. The van der Waals surface area contributed by atoms with Crippen LogP contribution in [-0.4, -0.2) is 31.4 Å². The number of rotatable bonds is 7. The summed E-state index contributed by atoms with van der Waals surface area (Å²) >= 11 is 1.09. The van der Waals surface area contributed by atoms with E-state index in [1.54, 1.807) is 55.5 Å². The van der Waals surface area contributed by atoms with Crippen molar-refractivity contribution in [2.75, 3.05) is 5.32 Å². The van der Waals surface area contributed by atoms with Gasteiger partial charge in [-0.15, -0.1) is 0 Å². The van der Waals surface area contributed by atoms with Crippen LogP contribution in [0.4, 0.5) is 11.4 Å². The largest absolute Gasteiger partial charge is 0.325 e. The van der Waals surface area contributed by atoms with Crippen molar-refractivity contribution < 1.29 is 14.5 Å². The van der Waals surface area contributed by atoms with E-state index in [0.717, 1.165) is 11.8 Å². The Morgan fingerprint density at radius 1 is 1.03 bits per heavy atom. The minimum absolute atomic E-state index is 0.0709. The lowest BCUT2D eigenvalue weighted by molar-refractivity contribution is -0.384. The van der Waals surface area contributed by atoms with Gasteiger partial charge in [0.15, 0.2) is 10.9 Å². The Bertz CT molecular complexity index is 1500. The molecule has 1 amide bonds. The number of nitrogens with zero attached hydrogens (tertiary/aromatic N) is 3. The van der Waals surface area contributed by atoms with Crippen molar-refractivity contribution in [3.63, 3.8) is 0 Å². The monoisotopic (exact) mass is 488 g/mol. The molecule has 10 heteroatoms. The fourth-order valence-electron chi connectivity index (χ4n) is 3.39. The highest BCUT2D eigenvalue weighted by Crippen LogP contribution is 2.27. The predicted molar refractivity (Wildman–Crippen MR) is 134 cm³/mol. The molecule has 0 aliphatic heterocycles. The number of Topliss-reactive ketones (excluding diaryl/α,β-unsaturated/α-hetero) is 1. The van der Waals surface area contributed by atoms with Crippen LogP contribution < -0.4 is 10.9 Å². The number of non-ortho nitro benzene ring substituents is 1. The number of thioether (sulfide) groups is 1. The van der Waals surface area contributed by atoms with E-state index in [4.69, 9.17) is 0 Å². The molecule has 4 rings (SSSR count). The summed E-state index contributed by atoms with van der Waals surface area (Å²) in [5, 5.41) is 13.9. The maximum atomic E-state index is 13.3. The average Bonchev–Trinajstić information content (AvgIpc) is 2.84. The quantitative estimate of drug-likeness (QED) is 0.132. The number of carbonyl (C=O) groups is 2. The van der Waals surface area contributed by atoms with Gasteiger partial charge in [0, 0.05) is 23.4 Å². The molecule has 3 aromatic carbocycles. The number of amides is 1. The van der Waals surface area contributed by atoms with Crippen LogP contribution >= 0.6 is 11.8 Å². The third-order valence-electron chi connectivity index (χ3n) is 5.27. The highest BCUT2D eigenvalue weighted by Gasteiger charge is 2.21. The SMILES string of the molecule is CC(=O)c1ccc(NC(=O)[C@@H](C)Sc2nc3ccccc3c(=O)n2-c2ccc([N+](=O)[O-])cc2)cc1. The number of nitro benzene ring substituents is 1. The number of hydrogen-bond acceptors (Lipinski definition) is 7. The van der Waals surface area contributed by atoms with Crippen molar-refractivity contribution in [3.05, 3.63) is 98.8 Å². The van der Waals surface area contributed by atoms with Crippen LogP contribution in [0.1, 0.15) is 24.2 Å². The molecule has 0 unspecified atom stereocenters. The number of hydrogen-bond donors (Lipinski definition) is 1. The average molecular weight is 489 g/mol. The minimum atomic E-state index is -0.639. The Morgan fingerprint density at radius 2 is 1.69 bits per heavy atom. The second-order valence-electron chi connectivity index (χ2n) is 7.71. The Morgan fingerprint density at radius 3 is 2.31 bits per heavy atom. The van der Waals surface area contributed by atoms with Gasteiger partial charge < -0.3 is 5.32 Å². The molecule has 0 aliphatic carbocycles. The first kappa shape index (κ1) is 23.8. The number of carbonyl (C=O) groups excluding carboxylic acids is 2. The summed E-state index contributed by atoms with van der Waals surface area (Å²) in [6, 6.07) is 19.0. The molecule has 176 valence electrons. The fraction of sp³-hybridized carbons (Fsp3) is 0.120. The van der Waals surface area contributed by atoms with Gasteiger partial charge in [0.05, 0.1) is 26.8 Å². The van der Waals surface area contributed by atoms with Gasteiger partial charge in [0.1, 0.15) is 0 Å². The zero-order chi connectivity index (χ0) is 25.1. The smallest absolute Gasteiger partial charge is 0.269 e. The first-order valence-corrected chi connectivity index (χ1v) is 11.5. The molecule has 35 heavy (non-hydrogen) atoms. The molecule has 1 N–H and O–H groups in total. The highest BCUT2D eigenvalue weighted by atomic mass is 32.2. The van der Waals surface area contributed by atoms with E-state index in [9.17, 15) is 24.5 Å². The van der Waals surface area contributed by atoms with Gasteiger partial charge >= 0.3 is 0 Å². The van der Waals surface area contributed by atoms with E-state index in [0.29, 0.717) is 27.8 Å². The molecule has 0 spiro atoms. The summed E-state index contributed by atoms with van der Waals surface area (Å²) in [6.07, 6.45) is 0. The van der Waals surface area contributed by atoms with Crippen molar-refractivity contribution in [2.45, 2.75) is 24.3 Å². The van der Waals surface area contributed by atoms with Gasteiger partial charge in [-0.3, -0.25) is 29.1 Å². The Kier molecular flexibility index (Phi) is 6.74. The summed E-state index contributed by atoms with van der Waals surface area (Å²) in [5.41, 5.74) is 1.50. The number of nitrogens with one attached hydrogen (secondary N) is 1. The second kappa shape index (κ2) is 9.90. The maximum Gasteiger partial charge on any atom is 0.269 e. The van der Waals surface area contributed by atoms with Gasteiger partial charge in [-0.2, -0.15) is 0 Å². The fourth-order valence-corrected chi connectivity index (χ4v) is 4.31. The Hall–Kier alpha value is -4.31. The topological polar surface area (TPSA) is 124 Å². The first-order chi connectivity index (χ1) is 16.7. The molecule has 4 aromatic rings. The van der Waals surface area contributed by atoms with Gasteiger partial charge in [-0.25, -0.2) is 4.98 Å². The van der Waals surface area contributed by atoms with E-state index < -0.39 is 10.2 Å². The maximum absolute atomic E-state index is 13.3. The van der Waals surface area contributed by atoms with Gasteiger partial charge in [-0.1, -0.05) is 23.9 Å². The Labute approximate surface area is 204 Å². The number of aromatic nitrogens is 2. The summed E-state index contributed by atoms with van der Waals surface area (Å²) in [7, 11) is 0. The highest BCUT2D eigenvalue weighted by molar-refractivity contribution is 8.00. The normalized spacial score (nSPS) is 11.7. The molecule has 0 fully saturated rings. The number of anilines is 1. The molecule has 0 saturated heterocycles. The molecule has 0 aliphatic rings. The van der Waals surface area contributed by atoms with E-state index in [1.165, 1.54) is 35.8 Å². The van der Waals surface area contributed by atoms with Gasteiger partial charge in [-0.05, 0) is 62.4 Å². The van der Waals surface area contributed by atoms with Crippen molar-refractivity contribution in [3.8, 4) is 5.69 Å². The molecule has 9 nitrogen and oxygen atoms in total. The van der Waals surface area contributed by atoms with Crippen LogP contribution in [0.3, 0.4) is 0 Å². The van der Waals surface area contributed by atoms with Crippen LogP contribution in [0.5, 0.6) is 0 Å². The number of benzene rings is 3. The summed E-state index contributed by atoms with van der Waals surface area (Å²) in [5.74, 6) is -0.387. The standard InChI is InChI=1S/C25H20N4O5S/c1-15(30)17-7-9-18(10-8-17)26-23(31)16(2)35-25-27-22-6-4-3-5-21(22)24(32)28(25)19-11-13-20(14-12-19)29(33)34/h3-14,16H,1-2H3,(H,26,31)/t16-/m1/s1. The van der Waals surface area contributed by atoms with Gasteiger partial charge in [0.25, 0.3) is 11.2 Å². The van der Waals surface area contributed by atoms with E-state index in [-0.39, 0.29) is 28.1 Å². The van der Waals surface area contributed by atoms with Crippen LogP contribution in [0.25, 0.3) is 16.6 Å². The molecule has 0 bridgehead atoms. The zero-order valence-corrected chi connectivity index (χ0v) is 19.6. The van der Waals surface area contributed by atoms with Crippen molar-refractivity contribution in [1.29, 1.82) is 0 Å². The summed E-state index contributed by atoms with van der Waals surface area (Å²) < 4.78 is 1.35. The van der Waals surface area contributed by atoms with E-state index >= 15 is 0 Å². The lowest BCUT2D eigenvalue weighted by Crippen LogP contribution is -2.26. The summed E-state index contributed by atoms with van der Waals surface area (Å²) in [4.78, 5) is 52.8. The molecule has 0 saturated carbocycles. The van der Waals surface area contributed by atoms with Crippen LogP contribution in [0, 0.1) is 10.1 Å². The first-order valence-electron chi connectivity index (χ1n) is 10.6. The molecule has 1 heterocycles. The lowest BCUT2D eigenvalue weighted by atomic mass is 10.1. The Balaban J connectivity index is 1.67. The van der Waals surface area contributed by atoms with Crippen LogP contribution in [0.15, 0.2) is 82.7 Å². The third-order valence-corrected chi connectivity index (χ3v) is 6.33. The molecular weight excluding hydrogens is 468 g/mol. The van der Waals surface area contributed by atoms with Gasteiger partial charge in [0.2, 0.25) is 5.91 Å². The van der Waals surface area contributed by atoms with E-state index in [2.05, 4.69) is 10.3 Å². The predicted octanol–water partition coefficient (Wildman–Crippen LogP) is 4.62. The van der Waals surface area contributed by atoms with Crippen LogP contribution in [-0.2, 0) is 4.79 Å². The zero-order valence-electron chi connectivity index (χ0n) is 18.8. The number of ketones is 1. The lowest BCUT2D eigenvalue weighted by Gasteiger charge is -2.16. The molecule has 1 atom stereocenters. The van der Waals surface area contributed by atoms with E-state index in [1.807, 2.05) is 0 Å². The molecule has 1 aromatic heterocycles. The number of nitro groups is 1. The minimum Gasteiger partial charge on any atom is -0.325 e. The third kappa shape index (κ3) is 5.12. The van der Waals surface area contributed by atoms with Crippen molar-refractivity contribution in [1.82, 2.24) is 9.55 Å². The molecular formula is C25H20N4O5S.